The van der Waals surface area contributed by atoms with Gasteiger partial charge in [-0.1, -0.05) is 30.3 Å². The van der Waals surface area contributed by atoms with Crippen molar-refractivity contribution in [2.75, 3.05) is 13.7 Å². The smallest absolute Gasteiger partial charge is 0.277 e. The van der Waals surface area contributed by atoms with Crippen molar-refractivity contribution >= 4 is 46.1 Å². The largest absolute Gasteiger partial charge is 0.470 e. The molecule has 0 radical (unpaired) electrons. The molecular formula is C14H19N5OS2. The third-order valence-electron chi connectivity index (χ3n) is 2.48. The van der Waals surface area contributed by atoms with Crippen molar-refractivity contribution in [1.82, 2.24) is 16.2 Å². The van der Waals surface area contributed by atoms with Gasteiger partial charge in [-0.2, -0.15) is 10.2 Å². The number of hydrazone groups is 2. The summed E-state index contributed by atoms with van der Waals surface area (Å²) in [5.41, 5.74) is 7.61. The first-order valence-electron chi connectivity index (χ1n) is 6.66. The molecule has 118 valence electrons. The number of rotatable bonds is 5. The molecule has 3 N–H and O–H groups in total. The predicted molar refractivity (Wildman–Crippen MR) is 98.2 cm³/mol. The minimum absolute atomic E-state index is 0.211. The molecule has 0 saturated carbocycles. The molecule has 0 bridgehead atoms. The molecule has 0 unspecified atom stereocenters. The van der Waals surface area contributed by atoms with Crippen LogP contribution in [0, 0.1) is 0 Å². The van der Waals surface area contributed by atoms with Gasteiger partial charge in [-0.25, -0.2) is 5.43 Å². The summed E-state index contributed by atoms with van der Waals surface area (Å²) >= 11 is 10.00. The van der Waals surface area contributed by atoms with Crippen LogP contribution in [0.2, 0.25) is 0 Å². The van der Waals surface area contributed by atoms with Crippen molar-refractivity contribution in [3.05, 3.63) is 35.9 Å². The molecule has 0 aliphatic heterocycles. The van der Waals surface area contributed by atoms with Gasteiger partial charge >= 0.3 is 0 Å². The average molecular weight is 337 g/mol. The lowest BCUT2D eigenvalue weighted by atomic mass is 10.1. The molecule has 0 aliphatic rings. The lowest BCUT2D eigenvalue weighted by Crippen LogP contribution is -2.31. The summed E-state index contributed by atoms with van der Waals surface area (Å²) in [6.07, 6.45) is 0. The second kappa shape index (κ2) is 9.80. The van der Waals surface area contributed by atoms with E-state index in [9.17, 15) is 0 Å². The van der Waals surface area contributed by atoms with Crippen molar-refractivity contribution in [1.29, 1.82) is 0 Å². The SMILES string of the molecule is CCOC(=S)NN=C(C(C)=NNC(=S)NC)c1ccccc1. The second-order valence-electron chi connectivity index (χ2n) is 4.05. The molecular weight excluding hydrogens is 318 g/mol. The monoisotopic (exact) mass is 337 g/mol. The summed E-state index contributed by atoms with van der Waals surface area (Å²) in [5, 5.41) is 11.9. The number of ether oxygens (including phenoxy) is 1. The minimum Gasteiger partial charge on any atom is -0.470 e. The first kappa shape index (κ1) is 18.0. The van der Waals surface area contributed by atoms with Crippen LogP contribution in [0.4, 0.5) is 0 Å². The van der Waals surface area contributed by atoms with E-state index in [-0.39, 0.29) is 5.17 Å². The quantitative estimate of drug-likeness (QED) is 0.432. The van der Waals surface area contributed by atoms with Crippen LogP contribution < -0.4 is 16.2 Å². The Morgan fingerprint density at radius 1 is 1.14 bits per heavy atom. The third-order valence-corrected chi connectivity index (χ3v) is 2.98. The van der Waals surface area contributed by atoms with Crippen LogP contribution in [0.25, 0.3) is 0 Å². The fourth-order valence-electron chi connectivity index (χ4n) is 1.46. The standard InChI is InChI=1S/C14H19N5OS2/c1-4-20-14(22)19-17-12(11-8-6-5-7-9-11)10(2)16-18-13(21)15-3/h5-9H,4H2,1-3H3,(H,19,22)(H2,15,18,21). The number of nitrogens with zero attached hydrogens (tertiary/aromatic N) is 2. The van der Waals surface area contributed by atoms with Gasteiger partial charge in [0.15, 0.2) is 5.11 Å². The number of nitrogens with one attached hydrogen (secondary N) is 3. The van der Waals surface area contributed by atoms with E-state index in [1.165, 1.54) is 0 Å². The van der Waals surface area contributed by atoms with Crippen molar-refractivity contribution < 1.29 is 4.74 Å². The highest BCUT2D eigenvalue weighted by molar-refractivity contribution is 7.80. The zero-order valence-electron chi connectivity index (χ0n) is 12.7. The number of benzene rings is 1. The number of hydrogen-bond donors (Lipinski definition) is 3. The van der Waals surface area contributed by atoms with Crippen molar-refractivity contribution in [2.45, 2.75) is 13.8 Å². The molecule has 0 aromatic heterocycles. The molecule has 1 aromatic rings. The Morgan fingerprint density at radius 2 is 1.82 bits per heavy atom. The number of hydrogen-bond acceptors (Lipinski definition) is 5. The zero-order valence-corrected chi connectivity index (χ0v) is 14.3. The van der Waals surface area contributed by atoms with Gasteiger partial charge in [-0.05, 0) is 38.3 Å². The molecule has 0 amide bonds. The van der Waals surface area contributed by atoms with E-state index in [1.807, 2.05) is 44.2 Å². The van der Waals surface area contributed by atoms with Crippen LogP contribution in [-0.4, -0.2) is 35.4 Å². The summed E-state index contributed by atoms with van der Waals surface area (Å²) in [6.45, 7) is 4.15. The Morgan fingerprint density at radius 3 is 2.41 bits per heavy atom. The van der Waals surface area contributed by atoms with Crippen molar-refractivity contribution in [3.8, 4) is 0 Å². The minimum atomic E-state index is 0.211. The van der Waals surface area contributed by atoms with Crippen LogP contribution in [0.3, 0.4) is 0 Å². The van der Waals surface area contributed by atoms with Gasteiger partial charge in [-0.3, -0.25) is 5.43 Å². The number of thiocarbonyl (C=S) groups is 2. The van der Waals surface area contributed by atoms with E-state index in [0.717, 1.165) is 5.56 Å². The summed E-state index contributed by atoms with van der Waals surface area (Å²) < 4.78 is 5.15. The Balaban J connectivity index is 2.99. The van der Waals surface area contributed by atoms with Crippen LogP contribution in [-0.2, 0) is 4.74 Å². The van der Waals surface area contributed by atoms with Crippen LogP contribution in [0.15, 0.2) is 40.5 Å². The second-order valence-corrected chi connectivity index (χ2v) is 4.83. The van der Waals surface area contributed by atoms with E-state index in [4.69, 9.17) is 29.2 Å². The highest BCUT2D eigenvalue weighted by Crippen LogP contribution is 2.03. The highest BCUT2D eigenvalue weighted by atomic mass is 32.1. The van der Waals surface area contributed by atoms with Gasteiger partial charge < -0.3 is 10.1 Å². The van der Waals surface area contributed by atoms with Crippen molar-refractivity contribution in [3.63, 3.8) is 0 Å². The first-order valence-corrected chi connectivity index (χ1v) is 7.48. The van der Waals surface area contributed by atoms with Gasteiger partial charge in [0.05, 0.1) is 12.3 Å². The molecule has 22 heavy (non-hydrogen) atoms. The van der Waals surface area contributed by atoms with E-state index >= 15 is 0 Å². The Labute approximate surface area is 141 Å². The van der Waals surface area contributed by atoms with Gasteiger partial charge in [0.1, 0.15) is 5.71 Å². The lowest BCUT2D eigenvalue weighted by molar-refractivity contribution is 0.321. The fourth-order valence-corrected chi connectivity index (χ4v) is 1.67. The molecule has 0 fully saturated rings. The van der Waals surface area contributed by atoms with E-state index in [2.05, 4.69) is 26.4 Å². The summed E-state index contributed by atoms with van der Waals surface area (Å²) in [5.74, 6) is 0. The maximum absolute atomic E-state index is 5.15. The topological polar surface area (TPSA) is 70.0 Å². The van der Waals surface area contributed by atoms with Crippen LogP contribution in [0.5, 0.6) is 0 Å². The summed E-state index contributed by atoms with van der Waals surface area (Å²) in [4.78, 5) is 0. The molecule has 8 heteroatoms. The van der Waals surface area contributed by atoms with Crippen LogP contribution >= 0.6 is 24.4 Å². The maximum Gasteiger partial charge on any atom is 0.277 e. The third kappa shape index (κ3) is 6.15. The van der Waals surface area contributed by atoms with Gasteiger partial charge in [0.2, 0.25) is 0 Å². The van der Waals surface area contributed by atoms with Gasteiger partial charge in [0, 0.05) is 12.6 Å². The molecule has 6 nitrogen and oxygen atoms in total. The van der Waals surface area contributed by atoms with E-state index in [0.29, 0.717) is 23.1 Å². The fraction of sp³-hybridized carbons (Fsp3) is 0.286. The van der Waals surface area contributed by atoms with E-state index in [1.54, 1.807) is 7.05 Å². The molecule has 0 atom stereocenters. The Hall–Kier alpha value is -2.06. The van der Waals surface area contributed by atoms with Crippen molar-refractivity contribution in [2.24, 2.45) is 10.2 Å². The first-order chi connectivity index (χ1) is 10.6. The molecule has 1 rings (SSSR count). The summed E-state index contributed by atoms with van der Waals surface area (Å²) in [6, 6.07) is 9.63. The molecule has 0 aliphatic carbocycles. The van der Waals surface area contributed by atoms with Gasteiger partial charge in [0.25, 0.3) is 5.17 Å². The Bertz CT molecular complexity index is 572. The predicted octanol–water partition coefficient (Wildman–Crippen LogP) is 1.77. The molecule has 1 aromatic carbocycles. The highest BCUT2D eigenvalue weighted by Gasteiger charge is 2.08. The summed E-state index contributed by atoms with van der Waals surface area (Å²) in [7, 11) is 1.72. The maximum atomic E-state index is 5.15. The van der Waals surface area contributed by atoms with Gasteiger partial charge in [-0.15, -0.1) is 0 Å². The van der Waals surface area contributed by atoms with Crippen LogP contribution in [0.1, 0.15) is 19.4 Å². The average Bonchev–Trinajstić information content (AvgIpc) is 2.54. The lowest BCUT2D eigenvalue weighted by Gasteiger charge is -2.09. The zero-order chi connectivity index (χ0) is 16.4. The van der Waals surface area contributed by atoms with E-state index < -0.39 is 0 Å². The molecule has 0 saturated heterocycles. The Kier molecular flexibility index (Phi) is 8.01. The normalized spacial score (nSPS) is 11.6. The molecule has 0 spiro atoms. The molecule has 0 heterocycles.